The summed E-state index contributed by atoms with van der Waals surface area (Å²) >= 11 is 1.65. The van der Waals surface area contributed by atoms with Crippen LogP contribution in [0.2, 0.25) is 19.6 Å². The maximum Gasteiger partial charge on any atom is 0.129 e. The summed E-state index contributed by atoms with van der Waals surface area (Å²) in [5.41, 5.74) is 5.37. The molecule has 1 nitrogen and oxygen atoms in total. The Morgan fingerprint density at radius 2 is 2.27 bits per heavy atom. The molecule has 0 atom stereocenters. The molecule has 0 saturated carbocycles. The Kier molecular flexibility index (Phi) is 4.34. The summed E-state index contributed by atoms with van der Waals surface area (Å²) in [7, 11) is -1.34. The van der Waals surface area contributed by atoms with Gasteiger partial charge in [-0.05, 0) is 22.9 Å². The monoisotopic (exact) mass is 236 g/mol. The van der Waals surface area contributed by atoms with Crippen molar-refractivity contribution in [1.29, 1.82) is 0 Å². The summed E-state index contributed by atoms with van der Waals surface area (Å²) in [6.45, 7) is 6.68. The Labute approximate surface area is 96.5 Å². The molecule has 80 valence electrons. The van der Waals surface area contributed by atoms with Crippen LogP contribution in [-0.4, -0.2) is 19.8 Å². The molecule has 1 N–H and O–H groups in total. The summed E-state index contributed by atoms with van der Waals surface area (Å²) in [4.78, 5) is 0. The summed E-state index contributed by atoms with van der Waals surface area (Å²) < 4.78 is 0. The molecule has 0 spiro atoms. The second-order valence-electron chi connectivity index (χ2n) is 4.31. The lowest BCUT2D eigenvalue weighted by Crippen LogP contribution is -2.16. The minimum atomic E-state index is -1.34. The average molecular weight is 236 g/mol. The van der Waals surface area contributed by atoms with Gasteiger partial charge in [0, 0.05) is 11.1 Å². The fourth-order valence-electron chi connectivity index (χ4n) is 1.00. The van der Waals surface area contributed by atoms with Gasteiger partial charge in [-0.15, -0.1) is 5.54 Å². The molecule has 1 aromatic rings. The molecular weight excluding hydrogens is 220 g/mol. The van der Waals surface area contributed by atoms with Gasteiger partial charge in [0.1, 0.15) is 8.07 Å². The van der Waals surface area contributed by atoms with Gasteiger partial charge in [0.25, 0.3) is 0 Å². The molecule has 0 saturated heterocycles. The van der Waals surface area contributed by atoms with Gasteiger partial charge in [-0.2, -0.15) is 11.3 Å². The fourth-order valence-corrected chi connectivity index (χ4v) is 2.17. The van der Waals surface area contributed by atoms with Crippen LogP contribution in [0.4, 0.5) is 0 Å². The van der Waals surface area contributed by atoms with Crippen LogP contribution in [0.3, 0.4) is 0 Å². The Morgan fingerprint density at radius 3 is 2.73 bits per heavy atom. The van der Waals surface area contributed by atoms with E-state index in [0.717, 1.165) is 11.1 Å². The van der Waals surface area contributed by atoms with E-state index in [1.54, 1.807) is 17.4 Å². The van der Waals surface area contributed by atoms with E-state index in [1.807, 2.05) is 11.4 Å². The zero-order valence-electron chi connectivity index (χ0n) is 9.37. The normalized spacial score (nSPS) is 12.1. The third-order valence-corrected chi connectivity index (χ3v) is 3.26. The lowest BCUT2D eigenvalue weighted by Gasteiger charge is -2.04. The minimum Gasteiger partial charge on any atom is -0.392 e. The Morgan fingerprint density at radius 1 is 1.53 bits per heavy atom. The molecule has 3 heteroatoms. The highest BCUT2D eigenvalue weighted by Gasteiger charge is 2.08. The van der Waals surface area contributed by atoms with E-state index >= 15 is 0 Å². The van der Waals surface area contributed by atoms with Crippen LogP contribution in [0.15, 0.2) is 22.9 Å². The van der Waals surface area contributed by atoms with E-state index in [9.17, 15) is 0 Å². The largest absolute Gasteiger partial charge is 0.392 e. The molecule has 0 amide bonds. The summed E-state index contributed by atoms with van der Waals surface area (Å²) in [5.74, 6) is 3.18. The number of hydrogen-bond acceptors (Lipinski definition) is 2. The van der Waals surface area contributed by atoms with E-state index in [0.29, 0.717) is 0 Å². The van der Waals surface area contributed by atoms with Gasteiger partial charge < -0.3 is 5.11 Å². The first-order valence-corrected chi connectivity index (χ1v) is 9.34. The number of hydrogen-bond donors (Lipinski definition) is 1. The van der Waals surface area contributed by atoms with Gasteiger partial charge in [0.2, 0.25) is 0 Å². The smallest absolute Gasteiger partial charge is 0.129 e. The van der Waals surface area contributed by atoms with E-state index in [1.165, 1.54) is 0 Å². The van der Waals surface area contributed by atoms with E-state index in [4.69, 9.17) is 5.11 Å². The van der Waals surface area contributed by atoms with Crippen molar-refractivity contribution < 1.29 is 5.11 Å². The van der Waals surface area contributed by atoms with Crippen molar-refractivity contribution >= 4 is 25.0 Å². The van der Waals surface area contributed by atoms with Gasteiger partial charge in [-0.3, -0.25) is 0 Å². The SMILES string of the molecule is C[Si](C)(C)C#C/C(=C/CO)c1ccsc1. The summed E-state index contributed by atoms with van der Waals surface area (Å²) in [6, 6.07) is 2.03. The molecule has 0 aliphatic heterocycles. The molecule has 1 rings (SSSR count). The van der Waals surface area contributed by atoms with Crippen molar-refractivity contribution in [2.24, 2.45) is 0 Å². The van der Waals surface area contributed by atoms with E-state index in [2.05, 4.69) is 36.5 Å². The van der Waals surface area contributed by atoms with Crippen LogP contribution in [0, 0.1) is 11.5 Å². The lowest BCUT2D eigenvalue weighted by molar-refractivity contribution is 0.343. The first-order valence-electron chi connectivity index (χ1n) is 4.90. The van der Waals surface area contributed by atoms with Crippen molar-refractivity contribution in [2.45, 2.75) is 19.6 Å². The number of aliphatic hydroxyl groups excluding tert-OH is 1. The van der Waals surface area contributed by atoms with Crippen LogP contribution in [0.5, 0.6) is 0 Å². The number of allylic oxidation sites excluding steroid dienone is 1. The van der Waals surface area contributed by atoms with Crippen LogP contribution < -0.4 is 0 Å². The molecule has 1 heterocycles. The number of rotatable bonds is 2. The molecule has 0 unspecified atom stereocenters. The minimum absolute atomic E-state index is 0.0472. The molecule has 0 aliphatic carbocycles. The topological polar surface area (TPSA) is 20.2 Å². The first-order chi connectivity index (χ1) is 7.03. The third kappa shape index (κ3) is 4.48. The molecule has 15 heavy (non-hydrogen) atoms. The fraction of sp³-hybridized carbons (Fsp3) is 0.333. The van der Waals surface area contributed by atoms with Gasteiger partial charge in [0.15, 0.2) is 0 Å². The van der Waals surface area contributed by atoms with Crippen LogP contribution in [0.1, 0.15) is 5.56 Å². The number of aliphatic hydroxyl groups is 1. The van der Waals surface area contributed by atoms with Crippen molar-refractivity contribution in [3.05, 3.63) is 28.5 Å². The first kappa shape index (κ1) is 12.2. The number of thiophene rings is 1. The molecule has 1 aromatic heterocycles. The highest BCUT2D eigenvalue weighted by molar-refractivity contribution is 7.08. The van der Waals surface area contributed by atoms with Gasteiger partial charge in [0.05, 0.1) is 6.61 Å². The highest BCUT2D eigenvalue weighted by atomic mass is 32.1. The highest BCUT2D eigenvalue weighted by Crippen LogP contribution is 2.16. The van der Waals surface area contributed by atoms with E-state index in [-0.39, 0.29) is 6.61 Å². The van der Waals surface area contributed by atoms with Gasteiger partial charge in [-0.1, -0.05) is 25.6 Å². The van der Waals surface area contributed by atoms with Crippen molar-refractivity contribution in [1.82, 2.24) is 0 Å². The van der Waals surface area contributed by atoms with Gasteiger partial charge >= 0.3 is 0 Å². The van der Waals surface area contributed by atoms with E-state index < -0.39 is 8.07 Å². The predicted molar refractivity (Wildman–Crippen MR) is 70.5 cm³/mol. The molecule has 0 aliphatic rings. The Balaban J connectivity index is 2.95. The van der Waals surface area contributed by atoms with Crippen molar-refractivity contribution in [2.75, 3.05) is 6.61 Å². The molecule has 0 aromatic carbocycles. The quantitative estimate of drug-likeness (QED) is 0.618. The second-order valence-corrected chi connectivity index (χ2v) is 9.84. The summed E-state index contributed by atoms with van der Waals surface area (Å²) in [5, 5.41) is 13.0. The maximum absolute atomic E-state index is 8.94. The average Bonchev–Trinajstić information content (AvgIpc) is 2.63. The maximum atomic E-state index is 8.94. The van der Waals surface area contributed by atoms with Crippen molar-refractivity contribution in [3.63, 3.8) is 0 Å². The van der Waals surface area contributed by atoms with Gasteiger partial charge in [-0.25, -0.2) is 0 Å². The molecular formula is C12H16OSSi. The molecule has 0 fully saturated rings. The molecule has 0 radical (unpaired) electrons. The van der Waals surface area contributed by atoms with Crippen molar-refractivity contribution in [3.8, 4) is 11.5 Å². The zero-order valence-corrected chi connectivity index (χ0v) is 11.2. The Hall–Kier alpha value is -0.823. The second kappa shape index (κ2) is 5.31. The van der Waals surface area contributed by atoms with Crippen LogP contribution in [-0.2, 0) is 0 Å². The van der Waals surface area contributed by atoms with Crippen LogP contribution >= 0.6 is 11.3 Å². The van der Waals surface area contributed by atoms with Crippen LogP contribution in [0.25, 0.3) is 5.57 Å². The molecule has 0 bridgehead atoms. The predicted octanol–water partition coefficient (Wildman–Crippen LogP) is 3.00. The standard InChI is InChI=1S/C12H16OSSi/c1-15(2,3)9-6-11(4-7-13)12-5-8-14-10-12/h4-5,8,10,13H,7H2,1-3H3/b11-4-. The summed E-state index contributed by atoms with van der Waals surface area (Å²) in [6.07, 6.45) is 1.77. The lowest BCUT2D eigenvalue weighted by atomic mass is 10.1. The third-order valence-electron chi connectivity index (χ3n) is 1.70. The Bertz CT molecular complexity index is 387. The zero-order chi connectivity index (χ0) is 11.3.